The van der Waals surface area contributed by atoms with E-state index in [0.29, 0.717) is 19.8 Å². The predicted octanol–water partition coefficient (Wildman–Crippen LogP) is 1.91. The van der Waals surface area contributed by atoms with Crippen molar-refractivity contribution in [2.24, 2.45) is 0 Å². The Bertz CT molecular complexity index is 924. The van der Waals surface area contributed by atoms with Gasteiger partial charge in [-0.1, -0.05) is 0 Å². The molecule has 2 fully saturated rings. The van der Waals surface area contributed by atoms with E-state index in [9.17, 15) is 4.79 Å². The lowest BCUT2D eigenvalue weighted by atomic mass is 9.80. The molecule has 154 valence electrons. The summed E-state index contributed by atoms with van der Waals surface area (Å²) < 4.78 is 5.94. The van der Waals surface area contributed by atoms with Gasteiger partial charge in [0.05, 0.1) is 29.2 Å². The Morgan fingerprint density at radius 3 is 2.83 bits per heavy atom. The Hall–Kier alpha value is -2.03. The molecule has 5 heterocycles. The van der Waals surface area contributed by atoms with E-state index in [-0.39, 0.29) is 11.3 Å². The van der Waals surface area contributed by atoms with Crippen molar-refractivity contribution in [3.63, 3.8) is 0 Å². The fourth-order valence-corrected chi connectivity index (χ4v) is 5.53. The van der Waals surface area contributed by atoms with Crippen LogP contribution in [0, 0.1) is 6.92 Å². The number of aromatic nitrogens is 2. The number of rotatable bonds is 2. The number of carbonyl (C=O) groups is 1. The molecule has 0 unspecified atom stereocenters. The van der Waals surface area contributed by atoms with Gasteiger partial charge in [-0.05, 0) is 37.4 Å². The minimum atomic E-state index is -0.224. The van der Waals surface area contributed by atoms with E-state index in [1.807, 2.05) is 29.5 Å². The van der Waals surface area contributed by atoms with Gasteiger partial charge >= 0.3 is 0 Å². The van der Waals surface area contributed by atoms with E-state index >= 15 is 0 Å². The summed E-state index contributed by atoms with van der Waals surface area (Å²) in [6.45, 7) is 8.52. The number of likely N-dealkylation sites (tertiary alicyclic amines) is 1. The molecule has 1 amide bonds. The molecular weight excluding hydrogens is 386 g/mol. The number of fused-ring (bicyclic) bond motifs is 2. The first-order chi connectivity index (χ1) is 14.1. The Labute approximate surface area is 175 Å². The zero-order valence-corrected chi connectivity index (χ0v) is 17.9. The van der Waals surface area contributed by atoms with Crippen LogP contribution < -0.4 is 4.90 Å². The molecule has 3 aliphatic rings. The minimum Gasteiger partial charge on any atom is -0.376 e. The number of nitrogens with zero attached hydrogens (tertiary/aromatic N) is 5. The molecule has 0 aliphatic carbocycles. The van der Waals surface area contributed by atoms with Crippen LogP contribution in [0.3, 0.4) is 0 Å². The van der Waals surface area contributed by atoms with Crippen molar-refractivity contribution in [1.82, 2.24) is 19.8 Å². The van der Waals surface area contributed by atoms with E-state index < -0.39 is 0 Å². The SMILES string of the molecule is Cc1ccsc1C(=O)N1CC[C@@]2(COCc3cnc(N4CCN(C)CC4)nc32)C1. The van der Waals surface area contributed by atoms with Gasteiger partial charge in [-0.2, -0.15) is 0 Å². The van der Waals surface area contributed by atoms with Gasteiger partial charge in [-0.25, -0.2) is 9.97 Å². The molecule has 0 bridgehead atoms. The summed E-state index contributed by atoms with van der Waals surface area (Å²) in [5.41, 5.74) is 2.99. The summed E-state index contributed by atoms with van der Waals surface area (Å²) in [7, 11) is 2.15. The second-order valence-corrected chi connectivity index (χ2v) is 9.43. The van der Waals surface area contributed by atoms with Crippen LogP contribution in [0.25, 0.3) is 0 Å². The first kappa shape index (κ1) is 19.0. The molecule has 2 aromatic heterocycles. The number of hydrogen-bond acceptors (Lipinski definition) is 7. The number of hydrogen-bond donors (Lipinski definition) is 0. The van der Waals surface area contributed by atoms with Crippen molar-refractivity contribution < 1.29 is 9.53 Å². The third kappa shape index (κ3) is 3.33. The topological polar surface area (TPSA) is 61.8 Å². The van der Waals surface area contributed by atoms with E-state index in [1.54, 1.807) is 0 Å². The molecule has 0 aromatic carbocycles. The molecule has 8 heteroatoms. The van der Waals surface area contributed by atoms with E-state index in [1.165, 1.54) is 11.3 Å². The Balaban J connectivity index is 1.42. The molecule has 29 heavy (non-hydrogen) atoms. The van der Waals surface area contributed by atoms with Gasteiger partial charge in [0.1, 0.15) is 0 Å². The van der Waals surface area contributed by atoms with Crippen LogP contribution in [-0.2, 0) is 16.8 Å². The van der Waals surface area contributed by atoms with Gasteiger partial charge in [0, 0.05) is 51.0 Å². The van der Waals surface area contributed by atoms with Crippen LogP contribution >= 0.6 is 11.3 Å². The first-order valence-corrected chi connectivity index (χ1v) is 11.1. The number of anilines is 1. The van der Waals surface area contributed by atoms with E-state index in [0.717, 1.165) is 66.8 Å². The van der Waals surface area contributed by atoms with Gasteiger partial charge in [-0.15, -0.1) is 11.3 Å². The fraction of sp³-hybridized carbons (Fsp3) is 0.571. The van der Waals surface area contributed by atoms with Crippen molar-refractivity contribution in [3.8, 4) is 0 Å². The second-order valence-electron chi connectivity index (χ2n) is 8.52. The summed E-state index contributed by atoms with van der Waals surface area (Å²) in [5.74, 6) is 0.951. The number of thiophene rings is 1. The smallest absolute Gasteiger partial charge is 0.264 e. The largest absolute Gasteiger partial charge is 0.376 e. The van der Waals surface area contributed by atoms with E-state index in [4.69, 9.17) is 9.72 Å². The molecule has 0 saturated carbocycles. The molecule has 2 saturated heterocycles. The highest BCUT2D eigenvalue weighted by Gasteiger charge is 2.46. The van der Waals surface area contributed by atoms with Crippen LogP contribution in [0.15, 0.2) is 17.6 Å². The van der Waals surface area contributed by atoms with Crippen molar-refractivity contribution >= 4 is 23.2 Å². The number of likely N-dealkylation sites (N-methyl/N-ethyl adjacent to an activating group) is 1. The van der Waals surface area contributed by atoms with Crippen molar-refractivity contribution in [2.75, 3.05) is 57.8 Å². The summed E-state index contributed by atoms with van der Waals surface area (Å²) in [6.07, 6.45) is 2.82. The van der Waals surface area contributed by atoms with Crippen molar-refractivity contribution in [2.45, 2.75) is 25.4 Å². The van der Waals surface area contributed by atoms with Crippen molar-refractivity contribution in [3.05, 3.63) is 39.3 Å². The highest BCUT2D eigenvalue weighted by atomic mass is 32.1. The number of ether oxygens (including phenoxy) is 1. The lowest BCUT2D eigenvalue weighted by molar-refractivity contribution is 0.0485. The molecule has 5 rings (SSSR count). The average Bonchev–Trinajstić information content (AvgIpc) is 3.35. The molecule has 7 nitrogen and oxygen atoms in total. The Kier molecular flexibility index (Phi) is 4.80. The molecule has 3 aliphatic heterocycles. The minimum absolute atomic E-state index is 0.134. The molecule has 1 spiro atoms. The zero-order chi connectivity index (χ0) is 20.0. The standard InChI is InChI=1S/C21H27N5O2S/c1-15-3-10-29-17(15)19(27)26-5-4-21(13-26)14-28-12-16-11-22-20(23-18(16)21)25-8-6-24(2)7-9-25/h3,10-11H,4-9,12-14H2,1-2H3/t21-/m0/s1. The first-order valence-electron chi connectivity index (χ1n) is 10.3. The number of piperazine rings is 1. The molecular formula is C21H27N5O2S. The number of amides is 1. The molecule has 1 atom stereocenters. The van der Waals surface area contributed by atoms with Crippen LogP contribution in [-0.4, -0.2) is 78.6 Å². The molecule has 0 N–H and O–H groups in total. The molecule has 2 aromatic rings. The zero-order valence-electron chi connectivity index (χ0n) is 17.1. The quantitative estimate of drug-likeness (QED) is 0.750. The highest BCUT2D eigenvalue weighted by Crippen LogP contribution is 2.40. The van der Waals surface area contributed by atoms with Crippen LogP contribution in [0.2, 0.25) is 0 Å². The predicted molar refractivity (Wildman–Crippen MR) is 113 cm³/mol. The Morgan fingerprint density at radius 2 is 2.07 bits per heavy atom. The third-order valence-corrected chi connectivity index (χ3v) is 7.48. The highest BCUT2D eigenvalue weighted by molar-refractivity contribution is 7.12. The maximum absolute atomic E-state index is 13.1. The van der Waals surface area contributed by atoms with Crippen LogP contribution in [0.5, 0.6) is 0 Å². The van der Waals surface area contributed by atoms with Gasteiger partial charge in [0.2, 0.25) is 5.95 Å². The lowest BCUT2D eigenvalue weighted by Crippen LogP contribution is -2.46. The van der Waals surface area contributed by atoms with Gasteiger partial charge < -0.3 is 19.4 Å². The third-order valence-electron chi connectivity index (χ3n) is 6.47. The summed E-state index contributed by atoms with van der Waals surface area (Å²) in [5, 5.41) is 1.99. The van der Waals surface area contributed by atoms with Gasteiger partial charge in [-0.3, -0.25) is 4.79 Å². The van der Waals surface area contributed by atoms with Crippen molar-refractivity contribution in [1.29, 1.82) is 0 Å². The summed E-state index contributed by atoms with van der Waals surface area (Å²) >= 11 is 1.53. The second kappa shape index (κ2) is 7.34. The number of carbonyl (C=O) groups excluding carboxylic acids is 1. The monoisotopic (exact) mass is 413 g/mol. The van der Waals surface area contributed by atoms with Gasteiger partial charge in [0.25, 0.3) is 5.91 Å². The number of aryl methyl sites for hydroxylation is 1. The van der Waals surface area contributed by atoms with Crippen LogP contribution in [0.4, 0.5) is 5.95 Å². The van der Waals surface area contributed by atoms with Crippen LogP contribution in [0.1, 0.15) is 32.9 Å². The fourth-order valence-electron chi connectivity index (χ4n) is 4.64. The summed E-state index contributed by atoms with van der Waals surface area (Å²) in [6, 6.07) is 2.01. The average molecular weight is 414 g/mol. The maximum Gasteiger partial charge on any atom is 0.264 e. The van der Waals surface area contributed by atoms with Gasteiger partial charge in [0.15, 0.2) is 0 Å². The maximum atomic E-state index is 13.1. The molecule has 0 radical (unpaired) electrons. The lowest BCUT2D eigenvalue weighted by Gasteiger charge is -2.36. The normalized spacial score (nSPS) is 24.9. The van der Waals surface area contributed by atoms with E-state index in [2.05, 4.69) is 21.8 Å². The Morgan fingerprint density at radius 1 is 1.24 bits per heavy atom. The summed E-state index contributed by atoms with van der Waals surface area (Å²) in [4.78, 5) is 30.2.